The van der Waals surface area contributed by atoms with Gasteiger partial charge in [-0.3, -0.25) is 24.5 Å². The lowest BCUT2D eigenvalue weighted by molar-refractivity contribution is -0.142. The van der Waals surface area contributed by atoms with Crippen molar-refractivity contribution >= 4 is 23.6 Å². The molecule has 110 valence electrons. The van der Waals surface area contributed by atoms with Crippen molar-refractivity contribution in [3.8, 4) is 0 Å². The molecule has 1 aliphatic heterocycles. The fourth-order valence-electron chi connectivity index (χ4n) is 2.58. The van der Waals surface area contributed by atoms with Crippen LogP contribution in [0.15, 0.2) is 0 Å². The maximum absolute atomic E-state index is 11.6. The molecule has 8 nitrogen and oxygen atoms in total. The Balaban J connectivity index is 1.84. The van der Waals surface area contributed by atoms with Crippen LogP contribution in [-0.2, 0) is 19.2 Å². The van der Waals surface area contributed by atoms with Gasteiger partial charge in [-0.05, 0) is 6.42 Å². The van der Waals surface area contributed by atoms with Gasteiger partial charge in [0.2, 0.25) is 5.91 Å². The third-order valence-corrected chi connectivity index (χ3v) is 3.80. The predicted octanol–water partition coefficient (Wildman–Crippen LogP) is -1.10. The molecular formula is C12H16N2O6. The number of ketones is 1. The molecule has 2 rings (SSSR count). The number of nitrogens with one attached hydrogen (secondary N) is 1. The van der Waals surface area contributed by atoms with Crippen LogP contribution in [0.25, 0.3) is 0 Å². The van der Waals surface area contributed by atoms with Gasteiger partial charge in [0.05, 0.1) is 24.5 Å². The van der Waals surface area contributed by atoms with Crippen LogP contribution in [0.5, 0.6) is 0 Å². The molecule has 2 fully saturated rings. The highest BCUT2D eigenvalue weighted by Crippen LogP contribution is 2.23. The Hall–Kier alpha value is -1.96. The minimum absolute atomic E-state index is 0.00129. The van der Waals surface area contributed by atoms with Gasteiger partial charge in [-0.2, -0.15) is 0 Å². The summed E-state index contributed by atoms with van der Waals surface area (Å²) < 4.78 is 0. The molecular weight excluding hydrogens is 268 g/mol. The second-order valence-electron chi connectivity index (χ2n) is 5.21. The molecule has 20 heavy (non-hydrogen) atoms. The number of likely N-dealkylation sites (tertiary alicyclic amines) is 1. The molecule has 3 N–H and O–H groups in total. The Morgan fingerprint density at radius 1 is 1.15 bits per heavy atom. The van der Waals surface area contributed by atoms with E-state index in [1.54, 1.807) is 0 Å². The standard InChI is InChI=1S/C12H16N2O6/c15-9-2-6(11(17)18)1-8(9)13-5-14-4-7(12(19)20)3-10(14)16/h6-8,13H,1-5H2,(H,17,18)(H,19,20). The van der Waals surface area contributed by atoms with E-state index in [1.807, 2.05) is 0 Å². The minimum Gasteiger partial charge on any atom is -0.481 e. The van der Waals surface area contributed by atoms with Gasteiger partial charge in [0, 0.05) is 19.4 Å². The number of carbonyl (C=O) groups is 4. The molecule has 1 saturated heterocycles. The van der Waals surface area contributed by atoms with E-state index in [0.717, 1.165) is 0 Å². The lowest BCUT2D eigenvalue weighted by Gasteiger charge is -2.19. The number of Topliss-reactive ketones (excluding diaryl/α,β-unsaturated/α-hetero) is 1. The van der Waals surface area contributed by atoms with Crippen LogP contribution >= 0.6 is 0 Å². The molecule has 0 spiro atoms. The summed E-state index contributed by atoms with van der Waals surface area (Å²) in [5, 5.41) is 20.6. The molecule has 1 amide bonds. The summed E-state index contributed by atoms with van der Waals surface area (Å²) in [5.41, 5.74) is 0. The average molecular weight is 284 g/mol. The van der Waals surface area contributed by atoms with Crippen LogP contribution in [0.3, 0.4) is 0 Å². The second-order valence-corrected chi connectivity index (χ2v) is 5.21. The topological polar surface area (TPSA) is 124 Å². The lowest BCUT2D eigenvalue weighted by Crippen LogP contribution is -2.42. The Bertz CT molecular complexity index is 421. The first-order valence-electron chi connectivity index (χ1n) is 6.38. The van der Waals surface area contributed by atoms with Crippen molar-refractivity contribution in [2.24, 2.45) is 11.8 Å². The molecule has 3 unspecified atom stereocenters. The summed E-state index contributed by atoms with van der Waals surface area (Å²) in [6.45, 7) is 0.190. The van der Waals surface area contributed by atoms with Crippen LogP contribution in [0.2, 0.25) is 0 Å². The monoisotopic (exact) mass is 284 g/mol. The molecule has 1 saturated carbocycles. The largest absolute Gasteiger partial charge is 0.481 e. The lowest BCUT2D eigenvalue weighted by atomic mass is 10.1. The van der Waals surface area contributed by atoms with E-state index in [9.17, 15) is 19.2 Å². The molecule has 0 radical (unpaired) electrons. The fourth-order valence-corrected chi connectivity index (χ4v) is 2.58. The van der Waals surface area contributed by atoms with E-state index in [4.69, 9.17) is 10.2 Å². The number of amides is 1. The van der Waals surface area contributed by atoms with Gasteiger partial charge in [0.1, 0.15) is 0 Å². The van der Waals surface area contributed by atoms with E-state index < -0.39 is 29.8 Å². The van der Waals surface area contributed by atoms with E-state index in [-0.39, 0.29) is 44.2 Å². The highest BCUT2D eigenvalue weighted by Gasteiger charge is 2.38. The molecule has 1 heterocycles. The van der Waals surface area contributed by atoms with E-state index >= 15 is 0 Å². The Morgan fingerprint density at radius 2 is 1.80 bits per heavy atom. The summed E-state index contributed by atoms with van der Waals surface area (Å²) in [6, 6.07) is -0.576. The Kier molecular flexibility index (Phi) is 4.03. The quantitative estimate of drug-likeness (QED) is 0.585. The van der Waals surface area contributed by atoms with E-state index in [1.165, 1.54) is 4.90 Å². The fraction of sp³-hybridized carbons (Fsp3) is 0.667. The van der Waals surface area contributed by atoms with Gasteiger partial charge in [-0.1, -0.05) is 0 Å². The van der Waals surface area contributed by atoms with Gasteiger partial charge in [-0.25, -0.2) is 0 Å². The van der Waals surface area contributed by atoms with Crippen LogP contribution < -0.4 is 5.32 Å². The normalized spacial score (nSPS) is 30.0. The van der Waals surface area contributed by atoms with Crippen LogP contribution in [0, 0.1) is 11.8 Å². The third-order valence-electron chi connectivity index (χ3n) is 3.80. The first kappa shape index (κ1) is 14.4. The summed E-state index contributed by atoms with van der Waals surface area (Å²) in [5.74, 6) is -3.85. The number of hydrogen-bond donors (Lipinski definition) is 3. The number of carboxylic acids is 2. The van der Waals surface area contributed by atoms with Gasteiger partial charge in [-0.15, -0.1) is 0 Å². The molecule has 0 aromatic rings. The molecule has 2 aliphatic rings. The van der Waals surface area contributed by atoms with Crippen molar-refractivity contribution in [1.29, 1.82) is 0 Å². The van der Waals surface area contributed by atoms with Crippen molar-refractivity contribution in [2.45, 2.75) is 25.3 Å². The molecule has 3 atom stereocenters. The number of aliphatic carboxylic acids is 2. The average Bonchev–Trinajstić information content (AvgIpc) is 2.91. The molecule has 0 aromatic carbocycles. The summed E-state index contributed by atoms with van der Waals surface area (Å²) in [4.78, 5) is 46.2. The zero-order valence-electron chi connectivity index (χ0n) is 10.7. The van der Waals surface area contributed by atoms with Crippen molar-refractivity contribution < 1.29 is 29.4 Å². The van der Waals surface area contributed by atoms with Crippen molar-refractivity contribution in [3.05, 3.63) is 0 Å². The van der Waals surface area contributed by atoms with Gasteiger partial charge in [0.25, 0.3) is 0 Å². The zero-order chi connectivity index (χ0) is 14.9. The molecule has 1 aliphatic carbocycles. The van der Waals surface area contributed by atoms with Crippen LogP contribution in [0.4, 0.5) is 0 Å². The number of carbonyl (C=O) groups excluding carboxylic acids is 2. The van der Waals surface area contributed by atoms with Crippen molar-refractivity contribution in [2.75, 3.05) is 13.2 Å². The Labute approximate surface area is 114 Å². The summed E-state index contributed by atoms with van der Waals surface area (Å²) in [7, 11) is 0. The van der Waals surface area contributed by atoms with E-state index in [2.05, 4.69) is 5.32 Å². The molecule has 8 heteroatoms. The molecule has 0 bridgehead atoms. The first-order chi connectivity index (χ1) is 9.38. The second kappa shape index (κ2) is 5.58. The third kappa shape index (κ3) is 2.96. The van der Waals surface area contributed by atoms with Crippen molar-refractivity contribution in [1.82, 2.24) is 10.2 Å². The zero-order valence-corrected chi connectivity index (χ0v) is 10.7. The SMILES string of the molecule is O=C(O)C1CC(=O)C(NCN2CC(C(=O)O)CC2=O)C1. The number of rotatable bonds is 5. The van der Waals surface area contributed by atoms with Gasteiger partial charge >= 0.3 is 11.9 Å². The maximum Gasteiger partial charge on any atom is 0.308 e. The first-order valence-corrected chi connectivity index (χ1v) is 6.38. The number of hydrogen-bond acceptors (Lipinski definition) is 5. The summed E-state index contributed by atoms with van der Waals surface area (Å²) in [6.07, 6.45) is 0.171. The van der Waals surface area contributed by atoms with Gasteiger partial charge < -0.3 is 15.1 Å². The highest BCUT2D eigenvalue weighted by atomic mass is 16.4. The number of nitrogens with zero attached hydrogens (tertiary/aromatic N) is 1. The van der Waals surface area contributed by atoms with E-state index in [0.29, 0.717) is 0 Å². The van der Waals surface area contributed by atoms with Crippen LogP contribution in [0.1, 0.15) is 19.3 Å². The minimum atomic E-state index is -1.01. The maximum atomic E-state index is 11.6. The smallest absolute Gasteiger partial charge is 0.308 e. The van der Waals surface area contributed by atoms with Gasteiger partial charge in [0.15, 0.2) is 5.78 Å². The number of carboxylic acid groups (broad SMARTS) is 2. The van der Waals surface area contributed by atoms with Crippen LogP contribution in [-0.4, -0.2) is 58.0 Å². The highest BCUT2D eigenvalue weighted by molar-refractivity contribution is 5.91. The predicted molar refractivity (Wildman–Crippen MR) is 64.6 cm³/mol. The Morgan fingerprint density at radius 3 is 2.30 bits per heavy atom. The summed E-state index contributed by atoms with van der Waals surface area (Å²) >= 11 is 0. The van der Waals surface area contributed by atoms with Crippen molar-refractivity contribution in [3.63, 3.8) is 0 Å². The molecule has 0 aromatic heterocycles.